The third kappa shape index (κ3) is 2.43. The monoisotopic (exact) mass is 272 g/mol. The van der Waals surface area contributed by atoms with Gasteiger partial charge in [-0.25, -0.2) is 4.79 Å². The second kappa shape index (κ2) is 5.30. The van der Waals surface area contributed by atoms with Crippen LogP contribution in [-0.2, 0) is 4.74 Å². The number of carbonyl (C=O) groups excluding carboxylic acids is 2. The molecular formula is C11H13ClN2O4. The number of hydrogen-bond acceptors (Lipinski definition) is 4. The Hall–Kier alpha value is -1.69. The number of amides is 2. The predicted octanol–water partition coefficient (Wildman–Crippen LogP) is 1.46. The van der Waals surface area contributed by atoms with E-state index in [4.69, 9.17) is 16.0 Å². The minimum absolute atomic E-state index is 0.0930. The number of hydrogen-bond donors (Lipinski definition) is 0. The molecule has 2 rings (SSSR count). The second-order valence-corrected chi connectivity index (χ2v) is 4.20. The minimum Gasteiger partial charge on any atom is -0.453 e. The maximum Gasteiger partial charge on any atom is 0.409 e. The van der Waals surface area contributed by atoms with Crippen LogP contribution in [0, 0.1) is 0 Å². The van der Waals surface area contributed by atoms with E-state index in [1.807, 2.05) is 0 Å². The number of furan rings is 1. The summed E-state index contributed by atoms with van der Waals surface area (Å²) in [5.41, 5.74) is 0.350. The maximum absolute atomic E-state index is 12.1. The van der Waals surface area contributed by atoms with E-state index < -0.39 is 0 Å². The zero-order chi connectivity index (χ0) is 13.1. The van der Waals surface area contributed by atoms with Crippen molar-refractivity contribution in [3.8, 4) is 0 Å². The first-order valence-corrected chi connectivity index (χ1v) is 5.86. The highest BCUT2D eigenvalue weighted by molar-refractivity contribution is 6.32. The standard InChI is InChI=1S/C11H13ClN2O4/c1-17-11(16)14-5-3-13(4-6-14)10(15)8-2-7-18-9(8)12/h2,7H,3-6H2,1H3. The number of ether oxygens (including phenoxy) is 1. The molecule has 1 aliphatic rings. The third-order valence-electron chi connectivity index (χ3n) is 2.85. The first-order valence-electron chi connectivity index (χ1n) is 5.48. The quantitative estimate of drug-likeness (QED) is 0.776. The Morgan fingerprint density at radius 2 is 1.89 bits per heavy atom. The summed E-state index contributed by atoms with van der Waals surface area (Å²) in [6.45, 7) is 1.81. The molecule has 1 aromatic rings. The molecule has 0 saturated carbocycles. The molecule has 1 saturated heterocycles. The van der Waals surface area contributed by atoms with Crippen LogP contribution in [0.3, 0.4) is 0 Å². The van der Waals surface area contributed by atoms with Crippen molar-refractivity contribution in [1.29, 1.82) is 0 Å². The summed E-state index contributed by atoms with van der Waals surface area (Å²) in [6.07, 6.45) is 1.00. The van der Waals surface area contributed by atoms with E-state index >= 15 is 0 Å². The molecule has 6 nitrogen and oxygen atoms in total. The summed E-state index contributed by atoms with van der Waals surface area (Å²) in [5, 5.41) is 0.0930. The van der Waals surface area contributed by atoms with Crippen molar-refractivity contribution in [1.82, 2.24) is 9.80 Å². The molecule has 2 heterocycles. The van der Waals surface area contributed by atoms with Gasteiger partial charge in [-0.05, 0) is 17.7 Å². The van der Waals surface area contributed by atoms with Gasteiger partial charge in [0.25, 0.3) is 5.91 Å². The molecule has 0 radical (unpaired) electrons. The van der Waals surface area contributed by atoms with Crippen LogP contribution in [-0.4, -0.2) is 55.1 Å². The third-order valence-corrected chi connectivity index (χ3v) is 3.14. The van der Waals surface area contributed by atoms with Crippen LogP contribution < -0.4 is 0 Å². The van der Waals surface area contributed by atoms with Gasteiger partial charge >= 0.3 is 6.09 Å². The maximum atomic E-state index is 12.1. The summed E-state index contributed by atoms with van der Waals surface area (Å²) in [4.78, 5) is 26.6. The second-order valence-electron chi connectivity index (χ2n) is 3.86. The number of carbonyl (C=O) groups is 2. The molecule has 0 N–H and O–H groups in total. The molecule has 0 bridgehead atoms. The van der Waals surface area contributed by atoms with Crippen molar-refractivity contribution in [2.75, 3.05) is 33.3 Å². The van der Waals surface area contributed by atoms with E-state index in [2.05, 4.69) is 4.74 Å². The first kappa shape index (κ1) is 12.8. The van der Waals surface area contributed by atoms with Crippen LogP contribution in [0.25, 0.3) is 0 Å². The van der Waals surface area contributed by atoms with Crippen LogP contribution in [0.15, 0.2) is 16.7 Å². The lowest BCUT2D eigenvalue weighted by Gasteiger charge is -2.33. The Morgan fingerprint density at radius 3 is 2.39 bits per heavy atom. The summed E-state index contributed by atoms with van der Waals surface area (Å²) < 4.78 is 9.51. The van der Waals surface area contributed by atoms with Gasteiger partial charge in [0.05, 0.1) is 18.9 Å². The van der Waals surface area contributed by atoms with Crippen LogP contribution in [0.5, 0.6) is 0 Å². The molecular weight excluding hydrogens is 260 g/mol. The Bertz CT molecular complexity index is 452. The number of nitrogens with zero attached hydrogens (tertiary/aromatic N) is 2. The van der Waals surface area contributed by atoms with Gasteiger partial charge in [0.1, 0.15) is 0 Å². The normalized spacial score (nSPS) is 15.7. The van der Waals surface area contributed by atoms with Crippen LogP contribution >= 0.6 is 11.6 Å². The van der Waals surface area contributed by atoms with Crippen molar-refractivity contribution >= 4 is 23.6 Å². The molecule has 0 unspecified atom stereocenters. The molecule has 0 aliphatic carbocycles. The topological polar surface area (TPSA) is 63.0 Å². The van der Waals surface area contributed by atoms with E-state index in [9.17, 15) is 9.59 Å². The lowest BCUT2D eigenvalue weighted by molar-refractivity contribution is 0.0599. The molecule has 18 heavy (non-hydrogen) atoms. The molecule has 1 aliphatic heterocycles. The average molecular weight is 273 g/mol. The lowest BCUT2D eigenvalue weighted by atomic mass is 10.2. The number of piperazine rings is 1. The molecule has 2 amide bonds. The van der Waals surface area contributed by atoms with Gasteiger partial charge in [-0.1, -0.05) is 0 Å². The highest BCUT2D eigenvalue weighted by Crippen LogP contribution is 2.19. The van der Waals surface area contributed by atoms with Gasteiger partial charge in [0.15, 0.2) is 0 Å². The van der Waals surface area contributed by atoms with Gasteiger partial charge in [-0.3, -0.25) is 4.79 Å². The lowest BCUT2D eigenvalue weighted by Crippen LogP contribution is -2.50. The van der Waals surface area contributed by atoms with E-state index in [1.54, 1.807) is 9.80 Å². The van der Waals surface area contributed by atoms with Gasteiger partial charge in [0, 0.05) is 26.2 Å². The molecule has 1 aromatic heterocycles. The Morgan fingerprint density at radius 1 is 1.28 bits per heavy atom. The number of rotatable bonds is 1. The summed E-state index contributed by atoms with van der Waals surface area (Å²) >= 11 is 5.76. The fourth-order valence-corrected chi connectivity index (χ4v) is 2.03. The van der Waals surface area contributed by atoms with Crippen molar-refractivity contribution < 1.29 is 18.7 Å². The van der Waals surface area contributed by atoms with E-state index in [-0.39, 0.29) is 17.2 Å². The van der Waals surface area contributed by atoms with Crippen LogP contribution in [0.4, 0.5) is 4.79 Å². The SMILES string of the molecule is COC(=O)N1CCN(C(=O)c2ccoc2Cl)CC1. The number of methoxy groups -OCH3 is 1. The van der Waals surface area contributed by atoms with Crippen LogP contribution in [0.1, 0.15) is 10.4 Å². The first-order chi connectivity index (χ1) is 8.63. The fourth-order valence-electron chi connectivity index (χ4n) is 1.84. The fraction of sp³-hybridized carbons (Fsp3) is 0.455. The van der Waals surface area contributed by atoms with E-state index in [0.29, 0.717) is 31.7 Å². The Labute approximate surface area is 109 Å². The van der Waals surface area contributed by atoms with Gasteiger partial charge in [-0.15, -0.1) is 0 Å². The number of halogens is 1. The van der Waals surface area contributed by atoms with Crippen molar-refractivity contribution in [3.63, 3.8) is 0 Å². The van der Waals surface area contributed by atoms with Gasteiger partial charge in [-0.2, -0.15) is 0 Å². The summed E-state index contributed by atoms with van der Waals surface area (Å²) in [6, 6.07) is 1.54. The van der Waals surface area contributed by atoms with Crippen LogP contribution in [0.2, 0.25) is 5.22 Å². The smallest absolute Gasteiger partial charge is 0.409 e. The summed E-state index contributed by atoms with van der Waals surface area (Å²) in [5.74, 6) is -0.182. The zero-order valence-electron chi connectivity index (χ0n) is 9.89. The minimum atomic E-state index is -0.372. The van der Waals surface area contributed by atoms with Gasteiger partial charge < -0.3 is 19.0 Å². The average Bonchev–Trinajstić information content (AvgIpc) is 2.83. The van der Waals surface area contributed by atoms with E-state index in [1.165, 1.54) is 19.4 Å². The van der Waals surface area contributed by atoms with Crippen molar-refractivity contribution in [2.45, 2.75) is 0 Å². The molecule has 0 spiro atoms. The molecule has 1 fully saturated rings. The Kier molecular flexibility index (Phi) is 3.76. The zero-order valence-corrected chi connectivity index (χ0v) is 10.6. The molecule has 98 valence electrons. The molecule has 0 aromatic carbocycles. The molecule has 0 atom stereocenters. The highest BCUT2D eigenvalue weighted by Gasteiger charge is 2.26. The van der Waals surface area contributed by atoms with E-state index in [0.717, 1.165) is 0 Å². The van der Waals surface area contributed by atoms with Crippen molar-refractivity contribution in [2.24, 2.45) is 0 Å². The Balaban J connectivity index is 1.96. The van der Waals surface area contributed by atoms with Gasteiger partial charge in [0.2, 0.25) is 5.22 Å². The predicted molar refractivity (Wildman–Crippen MR) is 63.6 cm³/mol. The largest absolute Gasteiger partial charge is 0.453 e. The highest BCUT2D eigenvalue weighted by atomic mass is 35.5. The van der Waals surface area contributed by atoms with Crippen molar-refractivity contribution in [3.05, 3.63) is 23.1 Å². The molecule has 7 heteroatoms. The summed E-state index contributed by atoms with van der Waals surface area (Å²) in [7, 11) is 1.34.